The number of nitrogens with zero attached hydrogens (tertiary/aromatic N) is 3. The van der Waals surface area contributed by atoms with Crippen LogP contribution in [0.2, 0.25) is 0 Å². The highest BCUT2D eigenvalue weighted by Crippen LogP contribution is 2.27. The number of hydrogen-bond donors (Lipinski definition) is 0. The zero-order valence-corrected chi connectivity index (χ0v) is 12.9. The van der Waals surface area contributed by atoms with Gasteiger partial charge in [0.05, 0.1) is 16.6 Å². The molecule has 3 rings (SSSR count). The smallest absolute Gasteiger partial charge is 0.185 e. The molecule has 0 spiro atoms. The van der Waals surface area contributed by atoms with Crippen molar-refractivity contribution in [2.75, 3.05) is 7.05 Å². The zero-order chi connectivity index (χ0) is 14.7. The standard InChI is InChI=1S/C17H17N3S/c1-13-16(14-9-5-3-6-10-14)19-20(2)17(21-13)18-15-11-7-4-8-12-15/h3-13H,1-2H3. The summed E-state index contributed by atoms with van der Waals surface area (Å²) >= 11 is 1.74. The molecule has 1 aliphatic rings. The van der Waals surface area contributed by atoms with Gasteiger partial charge in [-0.2, -0.15) is 5.10 Å². The van der Waals surface area contributed by atoms with Crippen molar-refractivity contribution in [1.82, 2.24) is 5.01 Å². The van der Waals surface area contributed by atoms with Crippen molar-refractivity contribution < 1.29 is 0 Å². The van der Waals surface area contributed by atoms with Crippen LogP contribution in [0.1, 0.15) is 12.5 Å². The van der Waals surface area contributed by atoms with Crippen LogP contribution in [0.25, 0.3) is 0 Å². The van der Waals surface area contributed by atoms with Crippen molar-refractivity contribution >= 4 is 28.3 Å². The van der Waals surface area contributed by atoms with Crippen molar-refractivity contribution in [2.45, 2.75) is 12.2 Å². The predicted molar refractivity (Wildman–Crippen MR) is 91.3 cm³/mol. The van der Waals surface area contributed by atoms with E-state index in [1.807, 2.05) is 60.6 Å². The molecule has 0 fully saturated rings. The lowest BCUT2D eigenvalue weighted by Gasteiger charge is -2.27. The third-order valence-corrected chi connectivity index (χ3v) is 4.40. The predicted octanol–water partition coefficient (Wildman–Crippen LogP) is 4.15. The van der Waals surface area contributed by atoms with Crippen LogP contribution in [0.4, 0.5) is 5.69 Å². The Bertz CT molecular complexity index is 665. The minimum absolute atomic E-state index is 0.283. The van der Waals surface area contributed by atoms with Gasteiger partial charge in [-0.1, -0.05) is 60.3 Å². The quantitative estimate of drug-likeness (QED) is 0.832. The average molecular weight is 295 g/mol. The molecule has 1 atom stereocenters. The molecule has 0 bridgehead atoms. The molecule has 0 radical (unpaired) electrons. The van der Waals surface area contributed by atoms with Crippen LogP contribution >= 0.6 is 11.8 Å². The van der Waals surface area contributed by atoms with Crippen LogP contribution in [0, 0.1) is 0 Å². The van der Waals surface area contributed by atoms with Gasteiger partial charge in [0.2, 0.25) is 0 Å². The Morgan fingerprint density at radius 3 is 2.29 bits per heavy atom. The Hall–Kier alpha value is -2.07. The summed E-state index contributed by atoms with van der Waals surface area (Å²) in [5.74, 6) is 0. The van der Waals surface area contributed by atoms with E-state index in [9.17, 15) is 0 Å². The summed E-state index contributed by atoms with van der Waals surface area (Å²) in [6, 6.07) is 20.3. The van der Waals surface area contributed by atoms with Crippen molar-refractivity contribution in [3.63, 3.8) is 0 Å². The first kappa shape index (κ1) is 13.9. The first-order valence-corrected chi connectivity index (χ1v) is 7.80. The molecular weight excluding hydrogens is 278 g/mol. The summed E-state index contributed by atoms with van der Waals surface area (Å²) in [5.41, 5.74) is 3.22. The van der Waals surface area contributed by atoms with Gasteiger partial charge in [0.1, 0.15) is 0 Å². The molecule has 0 aromatic heterocycles. The summed E-state index contributed by atoms with van der Waals surface area (Å²) in [6.07, 6.45) is 0. The van der Waals surface area contributed by atoms with Gasteiger partial charge in [-0.05, 0) is 24.6 Å². The van der Waals surface area contributed by atoms with E-state index in [-0.39, 0.29) is 5.25 Å². The van der Waals surface area contributed by atoms with E-state index >= 15 is 0 Å². The Morgan fingerprint density at radius 1 is 1.00 bits per heavy atom. The molecule has 1 unspecified atom stereocenters. The monoisotopic (exact) mass is 295 g/mol. The topological polar surface area (TPSA) is 28.0 Å². The molecule has 4 heteroatoms. The molecule has 3 nitrogen and oxygen atoms in total. The van der Waals surface area contributed by atoms with E-state index < -0.39 is 0 Å². The summed E-state index contributed by atoms with van der Waals surface area (Å²) in [4.78, 5) is 4.68. The van der Waals surface area contributed by atoms with E-state index in [0.29, 0.717) is 0 Å². The van der Waals surface area contributed by atoms with Gasteiger partial charge in [-0.3, -0.25) is 0 Å². The first-order chi connectivity index (χ1) is 10.2. The molecule has 0 saturated heterocycles. The molecule has 1 heterocycles. The molecule has 1 aliphatic heterocycles. The van der Waals surface area contributed by atoms with Gasteiger partial charge < -0.3 is 0 Å². The second-order valence-electron chi connectivity index (χ2n) is 4.86. The van der Waals surface area contributed by atoms with Crippen LogP contribution in [-0.4, -0.2) is 28.2 Å². The molecule has 21 heavy (non-hydrogen) atoms. The fourth-order valence-electron chi connectivity index (χ4n) is 2.19. The third-order valence-electron chi connectivity index (χ3n) is 3.25. The SMILES string of the molecule is CC1SC(=Nc2ccccc2)N(C)N=C1c1ccccc1. The second-order valence-corrected chi connectivity index (χ2v) is 6.17. The number of benzene rings is 2. The van der Waals surface area contributed by atoms with Gasteiger partial charge in [-0.25, -0.2) is 10.0 Å². The maximum absolute atomic E-state index is 4.71. The lowest BCUT2D eigenvalue weighted by atomic mass is 10.1. The van der Waals surface area contributed by atoms with Gasteiger partial charge in [-0.15, -0.1) is 0 Å². The van der Waals surface area contributed by atoms with Gasteiger partial charge in [0.25, 0.3) is 0 Å². The van der Waals surface area contributed by atoms with Crippen LogP contribution in [-0.2, 0) is 0 Å². The number of thioether (sulfide) groups is 1. The number of para-hydroxylation sites is 1. The van der Waals surface area contributed by atoms with Crippen LogP contribution < -0.4 is 0 Å². The minimum atomic E-state index is 0.283. The minimum Gasteiger partial charge on any atom is -0.245 e. The Kier molecular flexibility index (Phi) is 4.06. The van der Waals surface area contributed by atoms with E-state index in [0.717, 1.165) is 16.6 Å². The second kappa shape index (κ2) is 6.14. The highest BCUT2D eigenvalue weighted by atomic mass is 32.2. The molecule has 0 aliphatic carbocycles. The fourth-order valence-corrected chi connectivity index (χ4v) is 3.15. The van der Waals surface area contributed by atoms with Gasteiger partial charge in [0.15, 0.2) is 5.17 Å². The number of hydrogen-bond acceptors (Lipinski definition) is 3. The molecule has 2 aromatic rings. The Morgan fingerprint density at radius 2 is 1.62 bits per heavy atom. The number of rotatable bonds is 2. The lowest BCUT2D eigenvalue weighted by Crippen LogP contribution is -2.32. The van der Waals surface area contributed by atoms with Gasteiger partial charge >= 0.3 is 0 Å². The average Bonchev–Trinajstić information content (AvgIpc) is 2.52. The van der Waals surface area contributed by atoms with E-state index in [1.165, 1.54) is 5.56 Å². The lowest BCUT2D eigenvalue weighted by molar-refractivity contribution is 0.551. The number of aliphatic imine (C=N–C) groups is 1. The van der Waals surface area contributed by atoms with E-state index in [1.54, 1.807) is 11.8 Å². The van der Waals surface area contributed by atoms with E-state index in [4.69, 9.17) is 5.10 Å². The van der Waals surface area contributed by atoms with Crippen molar-refractivity contribution in [2.24, 2.45) is 10.1 Å². The van der Waals surface area contributed by atoms with E-state index in [2.05, 4.69) is 24.0 Å². The fraction of sp³-hybridized carbons (Fsp3) is 0.176. The van der Waals surface area contributed by atoms with Crippen LogP contribution in [0.3, 0.4) is 0 Å². The molecule has 0 saturated carbocycles. The van der Waals surface area contributed by atoms with Crippen LogP contribution in [0.5, 0.6) is 0 Å². The van der Waals surface area contributed by atoms with Crippen molar-refractivity contribution in [1.29, 1.82) is 0 Å². The molecule has 2 aromatic carbocycles. The Labute approximate surface area is 129 Å². The summed E-state index contributed by atoms with van der Waals surface area (Å²) in [5, 5.41) is 7.78. The molecular formula is C17H17N3S. The maximum atomic E-state index is 4.71. The molecule has 0 amide bonds. The molecule has 106 valence electrons. The normalized spacial score (nSPS) is 20.5. The third kappa shape index (κ3) is 3.16. The molecule has 0 N–H and O–H groups in total. The zero-order valence-electron chi connectivity index (χ0n) is 12.1. The highest BCUT2D eigenvalue weighted by Gasteiger charge is 2.24. The highest BCUT2D eigenvalue weighted by molar-refractivity contribution is 8.15. The number of hydrazone groups is 1. The Balaban J connectivity index is 1.90. The van der Waals surface area contributed by atoms with Crippen molar-refractivity contribution in [3.8, 4) is 0 Å². The summed E-state index contributed by atoms with van der Waals surface area (Å²) in [6.45, 7) is 2.17. The summed E-state index contributed by atoms with van der Waals surface area (Å²) in [7, 11) is 1.95. The largest absolute Gasteiger partial charge is 0.245 e. The summed E-state index contributed by atoms with van der Waals surface area (Å²) < 4.78 is 0. The maximum Gasteiger partial charge on any atom is 0.185 e. The first-order valence-electron chi connectivity index (χ1n) is 6.92. The van der Waals surface area contributed by atoms with Crippen molar-refractivity contribution in [3.05, 3.63) is 66.2 Å². The van der Waals surface area contributed by atoms with Crippen LogP contribution in [0.15, 0.2) is 70.8 Å². The number of amidine groups is 1. The van der Waals surface area contributed by atoms with Gasteiger partial charge in [0, 0.05) is 7.05 Å².